The first-order valence-corrected chi connectivity index (χ1v) is 10.8. The molecule has 0 fully saturated rings. The summed E-state index contributed by atoms with van der Waals surface area (Å²) in [5, 5.41) is 2.80. The van der Waals surface area contributed by atoms with Crippen LogP contribution in [0.3, 0.4) is 0 Å². The van der Waals surface area contributed by atoms with Gasteiger partial charge in [-0.15, -0.1) is 0 Å². The van der Waals surface area contributed by atoms with Crippen LogP contribution in [-0.2, 0) is 24.5 Å². The van der Waals surface area contributed by atoms with Gasteiger partial charge < -0.3 is 19.5 Å². The molecule has 1 heterocycles. The van der Waals surface area contributed by atoms with Crippen molar-refractivity contribution in [2.75, 3.05) is 21.3 Å². The molecule has 31 heavy (non-hydrogen) atoms. The minimum absolute atomic E-state index is 0.131. The Morgan fingerprint density at radius 1 is 1.03 bits per heavy atom. The van der Waals surface area contributed by atoms with Crippen LogP contribution in [0.4, 0.5) is 0 Å². The Morgan fingerprint density at radius 2 is 1.55 bits per heavy atom. The number of hydrogen-bond donors (Lipinski definition) is 1. The Bertz CT molecular complexity index is 976. The predicted octanol–water partition coefficient (Wildman–Crippen LogP) is 4.23. The molecule has 2 aromatic carbocycles. The molecule has 0 bridgehead atoms. The number of fused-ring (bicyclic) bond motifs is 5. The van der Waals surface area contributed by atoms with Crippen LogP contribution >= 0.6 is 0 Å². The monoisotopic (exact) mass is 422 g/mol. The van der Waals surface area contributed by atoms with Crippen LogP contribution in [0.5, 0.6) is 0 Å². The van der Waals surface area contributed by atoms with E-state index in [0.717, 1.165) is 22.3 Å². The van der Waals surface area contributed by atoms with Crippen LogP contribution in [0.1, 0.15) is 44.2 Å². The largest absolute Gasteiger partial charge is 0.424 e. The summed E-state index contributed by atoms with van der Waals surface area (Å²) >= 11 is 0. The summed E-state index contributed by atoms with van der Waals surface area (Å²) in [6.07, 6.45) is 1.40. The van der Waals surface area contributed by atoms with Gasteiger partial charge in [0, 0.05) is 21.3 Å². The predicted molar refractivity (Wildman–Crippen MR) is 120 cm³/mol. The molecule has 0 atom stereocenters. The third-order valence-electron chi connectivity index (χ3n) is 6.95. The quantitative estimate of drug-likeness (QED) is 0.708. The van der Waals surface area contributed by atoms with Crippen LogP contribution in [-0.4, -0.2) is 39.0 Å². The molecule has 0 aromatic heterocycles. The summed E-state index contributed by atoms with van der Waals surface area (Å²) in [6, 6.07) is 16.5. The zero-order valence-corrected chi connectivity index (χ0v) is 18.8. The third-order valence-corrected chi connectivity index (χ3v) is 6.95. The number of rotatable bonds is 6. The summed E-state index contributed by atoms with van der Waals surface area (Å²) < 4.78 is 17.9. The van der Waals surface area contributed by atoms with Crippen molar-refractivity contribution in [3.8, 4) is 11.1 Å². The fraction of sp³-hybridized carbons (Fsp3) is 0.440. The normalized spacial score (nSPS) is 18.0. The maximum Gasteiger partial charge on any atom is 0.330 e. The van der Waals surface area contributed by atoms with E-state index in [-0.39, 0.29) is 5.91 Å². The molecular formula is C25H30N2O4. The van der Waals surface area contributed by atoms with Gasteiger partial charge in [-0.25, -0.2) is 4.99 Å². The molecule has 1 amide bonds. The van der Waals surface area contributed by atoms with E-state index in [1.807, 2.05) is 38.1 Å². The van der Waals surface area contributed by atoms with Crippen molar-refractivity contribution in [3.05, 3.63) is 59.7 Å². The highest BCUT2D eigenvalue weighted by Gasteiger charge is 2.58. The average Bonchev–Trinajstić information content (AvgIpc) is 3.09. The molecule has 1 aliphatic carbocycles. The van der Waals surface area contributed by atoms with Crippen molar-refractivity contribution in [2.24, 2.45) is 10.4 Å². The second kappa shape index (κ2) is 7.77. The van der Waals surface area contributed by atoms with Gasteiger partial charge in [0.15, 0.2) is 0 Å². The van der Waals surface area contributed by atoms with E-state index >= 15 is 0 Å². The van der Waals surface area contributed by atoms with Gasteiger partial charge in [-0.05, 0) is 35.1 Å². The molecule has 6 nitrogen and oxygen atoms in total. The highest BCUT2D eigenvalue weighted by atomic mass is 16.9. The minimum atomic E-state index is -1.37. The van der Waals surface area contributed by atoms with Gasteiger partial charge in [0.25, 0.3) is 0 Å². The molecule has 2 aliphatic rings. The van der Waals surface area contributed by atoms with Crippen molar-refractivity contribution < 1.29 is 19.0 Å². The first-order chi connectivity index (χ1) is 15.0. The Balaban J connectivity index is 2.06. The topological polar surface area (TPSA) is 69.2 Å². The van der Waals surface area contributed by atoms with Crippen molar-refractivity contribution >= 4 is 11.8 Å². The van der Waals surface area contributed by atoms with Crippen LogP contribution in [0.2, 0.25) is 0 Å². The summed E-state index contributed by atoms with van der Waals surface area (Å²) in [4.78, 5) is 18.4. The van der Waals surface area contributed by atoms with E-state index in [1.165, 1.54) is 0 Å². The number of nitrogens with one attached hydrogen (secondary N) is 1. The maximum absolute atomic E-state index is 13.1. The number of nitrogens with zero attached hydrogens (tertiary/aromatic N) is 1. The highest BCUT2D eigenvalue weighted by Crippen LogP contribution is 2.56. The molecule has 0 unspecified atom stereocenters. The molecule has 1 spiro atoms. The molecular weight excluding hydrogens is 392 g/mol. The zero-order chi connectivity index (χ0) is 22.3. The molecule has 4 rings (SSSR count). The SMILES string of the molecule is CCC(CC)(C(=O)NC)C1=NC2(CC(OC)(OC)O1)c1ccccc1-c1ccccc12. The average molecular weight is 423 g/mol. The minimum Gasteiger partial charge on any atom is -0.424 e. The number of hydrogen-bond acceptors (Lipinski definition) is 5. The Morgan fingerprint density at radius 3 is 2.00 bits per heavy atom. The number of aliphatic imine (C=N–C) groups is 1. The number of carbonyl (C=O) groups excluding carboxylic acids is 1. The van der Waals surface area contributed by atoms with Gasteiger partial charge in [0.05, 0.1) is 6.42 Å². The lowest BCUT2D eigenvalue weighted by molar-refractivity contribution is -0.344. The number of methoxy groups -OCH3 is 2. The Hall–Kier alpha value is -2.70. The van der Waals surface area contributed by atoms with Gasteiger partial charge >= 0.3 is 5.97 Å². The Kier molecular flexibility index (Phi) is 5.40. The first-order valence-electron chi connectivity index (χ1n) is 10.8. The maximum atomic E-state index is 13.1. The van der Waals surface area contributed by atoms with Gasteiger partial charge in [-0.2, -0.15) is 0 Å². The molecule has 2 aromatic rings. The molecule has 164 valence electrons. The van der Waals surface area contributed by atoms with Crippen LogP contribution < -0.4 is 5.32 Å². The summed E-state index contributed by atoms with van der Waals surface area (Å²) in [7, 11) is 4.76. The summed E-state index contributed by atoms with van der Waals surface area (Å²) in [6.45, 7) is 3.95. The lowest BCUT2D eigenvalue weighted by atomic mass is 9.77. The van der Waals surface area contributed by atoms with Gasteiger partial charge in [-0.1, -0.05) is 62.4 Å². The number of amides is 1. The van der Waals surface area contributed by atoms with Gasteiger partial charge in [0.2, 0.25) is 11.8 Å². The molecule has 0 saturated heterocycles. The second-order valence-corrected chi connectivity index (χ2v) is 8.11. The Labute approximate surface area is 183 Å². The van der Waals surface area contributed by atoms with Crippen molar-refractivity contribution in [1.82, 2.24) is 5.32 Å². The van der Waals surface area contributed by atoms with E-state index in [2.05, 4.69) is 29.6 Å². The van der Waals surface area contributed by atoms with E-state index in [4.69, 9.17) is 19.2 Å². The fourth-order valence-electron chi connectivity index (χ4n) is 5.07. The van der Waals surface area contributed by atoms with E-state index in [1.54, 1.807) is 21.3 Å². The molecule has 0 radical (unpaired) electrons. The van der Waals surface area contributed by atoms with E-state index in [0.29, 0.717) is 25.2 Å². The number of ether oxygens (including phenoxy) is 3. The highest BCUT2D eigenvalue weighted by molar-refractivity contribution is 6.06. The number of carbonyl (C=O) groups is 1. The van der Waals surface area contributed by atoms with Crippen LogP contribution in [0.25, 0.3) is 11.1 Å². The van der Waals surface area contributed by atoms with Gasteiger partial charge in [0.1, 0.15) is 11.0 Å². The third kappa shape index (κ3) is 2.92. The molecule has 1 N–H and O–H groups in total. The molecule has 1 aliphatic heterocycles. The number of benzene rings is 2. The lowest BCUT2D eigenvalue weighted by Crippen LogP contribution is -2.56. The molecule has 0 saturated carbocycles. The van der Waals surface area contributed by atoms with Crippen molar-refractivity contribution in [2.45, 2.75) is 44.6 Å². The smallest absolute Gasteiger partial charge is 0.330 e. The summed E-state index contributed by atoms with van der Waals surface area (Å²) in [5.41, 5.74) is 2.67. The first kappa shape index (κ1) is 21.5. The van der Waals surface area contributed by atoms with Crippen LogP contribution in [0.15, 0.2) is 53.5 Å². The van der Waals surface area contributed by atoms with Gasteiger partial charge in [-0.3, -0.25) is 4.79 Å². The standard InChI is InChI=1S/C25H30N2O4/c1-6-23(7-2,21(28)26-3)22-27-24(16-25(29-4,30-5)31-22)19-14-10-8-12-17(19)18-13-9-11-15-20(18)24/h8-15H,6-7,16H2,1-5H3,(H,26,28). The van der Waals surface area contributed by atoms with Crippen LogP contribution in [0, 0.1) is 5.41 Å². The van der Waals surface area contributed by atoms with E-state index < -0.39 is 16.9 Å². The second-order valence-electron chi connectivity index (χ2n) is 8.11. The zero-order valence-electron chi connectivity index (χ0n) is 18.8. The lowest BCUT2D eigenvalue weighted by Gasteiger charge is -2.46. The summed E-state index contributed by atoms with van der Waals surface area (Å²) in [5.74, 6) is -1.15. The molecule has 6 heteroatoms. The van der Waals surface area contributed by atoms with E-state index in [9.17, 15) is 4.79 Å². The van der Waals surface area contributed by atoms with Crippen molar-refractivity contribution in [3.63, 3.8) is 0 Å². The van der Waals surface area contributed by atoms with Crippen molar-refractivity contribution in [1.29, 1.82) is 0 Å². The fourth-order valence-corrected chi connectivity index (χ4v) is 5.07.